The van der Waals surface area contributed by atoms with Gasteiger partial charge in [0, 0.05) is 6.54 Å². The van der Waals surface area contributed by atoms with Crippen LogP contribution >= 0.6 is 0 Å². The molecular weight excluding hydrogens is 182 g/mol. The summed E-state index contributed by atoms with van der Waals surface area (Å²) < 4.78 is 0. The first-order valence-corrected chi connectivity index (χ1v) is 7.01. The molecule has 0 aromatic rings. The third kappa shape index (κ3) is 6.19. The van der Waals surface area contributed by atoms with Gasteiger partial charge in [-0.15, -0.1) is 0 Å². The number of rotatable bonds is 7. The fraction of sp³-hybridized carbons (Fsp3) is 1.00. The largest absolute Gasteiger partial charge is 0.306 e. The van der Waals surface area contributed by atoms with Gasteiger partial charge in [0.2, 0.25) is 0 Å². The average molecular weight is 211 g/mol. The SMILES string of the molecule is CCCCCCCCC1CCCN(C)C1. The van der Waals surface area contributed by atoms with Gasteiger partial charge in [-0.25, -0.2) is 0 Å². The number of hydrogen-bond acceptors (Lipinski definition) is 1. The molecule has 15 heavy (non-hydrogen) atoms. The maximum atomic E-state index is 2.51. The molecular formula is C14H29N. The van der Waals surface area contributed by atoms with Crippen LogP contribution in [-0.2, 0) is 0 Å². The fourth-order valence-corrected chi connectivity index (χ4v) is 2.72. The van der Waals surface area contributed by atoms with Crippen molar-refractivity contribution < 1.29 is 0 Å². The molecule has 1 atom stereocenters. The molecule has 1 heteroatoms. The highest BCUT2D eigenvalue weighted by molar-refractivity contribution is 4.70. The molecule has 90 valence electrons. The van der Waals surface area contributed by atoms with Crippen LogP contribution in [0, 0.1) is 5.92 Å². The Labute approximate surface area is 96.2 Å². The molecule has 1 aliphatic rings. The summed E-state index contributed by atoms with van der Waals surface area (Å²) in [4.78, 5) is 2.51. The van der Waals surface area contributed by atoms with Crippen molar-refractivity contribution in [1.82, 2.24) is 4.90 Å². The van der Waals surface area contributed by atoms with Gasteiger partial charge in [-0.3, -0.25) is 0 Å². The number of unbranched alkanes of at least 4 members (excludes halogenated alkanes) is 5. The van der Waals surface area contributed by atoms with Crippen LogP contribution in [0.2, 0.25) is 0 Å². The van der Waals surface area contributed by atoms with Crippen molar-refractivity contribution in [3.63, 3.8) is 0 Å². The number of nitrogens with zero attached hydrogens (tertiary/aromatic N) is 1. The molecule has 1 fully saturated rings. The van der Waals surface area contributed by atoms with Crippen LogP contribution in [0.5, 0.6) is 0 Å². The van der Waals surface area contributed by atoms with E-state index < -0.39 is 0 Å². The third-order valence-corrected chi connectivity index (χ3v) is 3.69. The van der Waals surface area contributed by atoms with E-state index in [1.54, 1.807) is 0 Å². The molecule has 1 aliphatic heterocycles. The first-order valence-electron chi connectivity index (χ1n) is 7.01. The number of piperidine rings is 1. The maximum Gasteiger partial charge on any atom is 0.000661 e. The zero-order valence-electron chi connectivity index (χ0n) is 10.8. The van der Waals surface area contributed by atoms with E-state index in [1.807, 2.05) is 0 Å². The molecule has 0 bridgehead atoms. The van der Waals surface area contributed by atoms with Crippen molar-refractivity contribution in [3.8, 4) is 0 Å². The second-order valence-electron chi connectivity index (χ2n) is 5.33. The lowest BCUT2D eigenvalue weighted by Crippen LogP contribution is -2.31. The number of likely N-dealkylation sites (tertiary alicyclic amines) is 1. The minimum absolute atomic E-state index is 1.01. The normalized spacial score (nSPS) is 23.2. The van der Waals surface area contributed by atoms with Crippen molar-refractivity contribution in [2.75, 3.05) is 20.1 Å². The minimum atomic E-state index is 1.01. The predicted molar refractivity (Wildman–Crippen MR) is 68.2 cm³/mol. The van der Waals surface area contributed by atoms with Crippen LogP contribution in [-0.4, -0.2) is 25.0 Å². The lowest BCUT2D eigenvalue weighted by molar-refractivity contribution is 0.199. The van der Waals surface area contributed by atoms with Gasteiger partial charge in [-0.2, -0.15) is 0 Å². The van der Waals surface area contributed by atoms with Gasteiger partial charge < -0.3 is 4.90 Å². The molecule has 1 saturated heterocycles. The molecule has 1 rings (SSSR count). The summed E-state index contributed by atoms with van der Waals surface area (Å²) in [6.45, 7) is 4.97. The smallest absolute Gasteiger partial charge is 0.000661 e. The van der Waals surface area contributed by atoms with Crippen LogP contribution in [0.4, 0.5) is 0 Å². The van der Waals surface area contributed by atoms with Gasteiger partial charge in [-0.05, 0) is 38.8 Å². The molecule has 0 spiro atoms. The standard InChI is InChI=1S/C14H29N/c1-3-4-5-6-7-8-10-14-11-9-12-15(2)13-14/h14H,3-13H2,1-2H3. The second-order valence-corrected chi connectivity index (χ2v) is 5.33. The summed E-state index contributed by atoms with van der Waals surface area (Å²) in [5.74, 6) is 1.01. The third-order valence-electron chi connectivity index (χ3n) is 3.69. The molecule has 1 unspecified atom stereocenters. The molecule has 1 nitrogen and oxygen atoms in total. The van der Waals surface area contributed by atoms with Crippen LogP contribution in [0.15, 0.2) is 0 Å². The Morgan fingerprint density at radius 2 is 1.80 bits per heavy atom. The lowest BCUT2D eigenvalue weighted by atomic mass is 9.92. The monoisotopic (exact) mass is 211 g/mol. The zero-order chi connectivity index (χ0) is 10.9. The van der Waals surface area contributed by atoms with Crippen LogP contribution in [0.25, 0.3) is 0 Å². The van der Waals surface area contributed by atoms with Crippen molar-refractivity contribution in [2.24, 2.45) is 5.92 Å². The van der Waals surface area contributed by atoms with E-state index in [9.17, 15) is 0 Å². The fourth-order valence-electron chi connectivity index (χ4n) is 2.72. The number of hydrogen-bond donors (Lipinski definition) is 0. The Balaban J connectivity index is 1.90. The molecule has 0 amide bonds. The van der Waals surface area contributed by atoms with E-state index in [0.717, 1.165) is 5.92 Å². The molecule has 1 heterocycles. The van der Waals surface area contributed by atoms with E-state index >= 15 is 0 Å². The van der Waals surface area contributed by atoms with Gasteiger partial charge in [0.1, 0.15) is 0 Å². The van der Waals surface area contributed by atoms with Crippen LogP contribution in [0.1, 0.15) is 64.7 Å². The van der Waals surface area contributed by atoms with Gasteiger partial charge in [0.15, 0.2) is 0 Å². The Morgan fingerprint density at radius 3 is 2.53 bits per heavy atom. The average Bonchev–Trinajstić information content (AvgIpc) is 2.23. The quantitative estimate of drug-likeness (QED) is 0.574. The highest BCUT2D eigenvalue weighted by Gasteiger charge is 2.15. The van der Waals surface area contributed by atoms with E-state index in [1.165, 1.54) is 70.9 Å². The highest BCUT2D eigenvalue weighted by atomic mass is 15.1. The molecule has 0 aromatic heterocycles. The Morgan fingerprint density at radius 1 is 1.07 bits per heavy atom. The summed E-state index contributed by atoms with van der Waals surface area (Å²) in [6.07, 6.45) is 13.1. The minimum Gasteiger partial charge on any atom is -0.306 e. The lowest BCUT2D eigenvalue weighted by Gasteiger charge is -2.29. The van der Waals surface area contributed by atoms with Crippen molar-refractivity contribution in [3.05, 3.63) is 0 Å². The molecule has 0 aliphatic carbocycles. The summed E-state index contributed by atoms with van der Waals surface area (Å²) >= 11 is 0. The second kappa shape index (κ2) is 8.15. The topological polar surface area (TPSA) is 3.24 Å². The molecule has 0 N–H and O–H groups in total. The Hall–Kier alpha value is -0.0400. The highest BCUT2D eigenvalue weighted by Crippen LogP contribution is 2.21. The van der Waals surface area contributed by atoms with Gasteiger partial charge >= 0.3 is 0 Å². The van der Waals surface area contributed by atoms with E-state index in [4.69, 9.17) is 0 Å². The summed E-state index contributed by atoms with van der Waals surface area (Å²) in [5, 5.41) is 0. The first kappa shape index (κ1) is 13.0. The van der Waals surface area contributed by atoms with Crippen molar-refractivity contribution in [2.45, 2.75) is 64.7 Å². The van der Waals surface area contributed by atoms with Gasteiger partial charge in [0.05, 0.1) is 0 Å². The molecule has 0 radical (unpaired) electrons. The first-order chi connectivity index (χ1) is 7.33. The van der Waals surface area contributed by atoms with Crippen molar-refractivity contribution in [1.29, 1.82) is 0 Å². The Kier molecular flexibility index (Phi) is 7.08. The molecule has 0 saturated carbocycles. The van der Waals surface area contributed by atoms with E-state index in [-0.39, 0.29) is 0 Å². The van der Waals surface area contributed by atoms with Gasteiger partial charge in [0.25, 0.3) is 0 Å². The summed E-state index contributed by atoms with van der Waals surface area (Å²) in [5.41, 5.74) is 0. The maximum absolute atomic E-state index is 2.51. The van der Waals surface area contributed by atoms with Crippen LogP contribution < -0.4 is 0 Å². The Bertz CT molecular complexity index is 144. The zero-order valence-corrected chi connectivity index (χ0v) is 10.8. The van der Waals surface area contributed by atoms with Crippen molar-refractivity contribution >= 4 is 0 Å². The predicted octanol–water partition coefficient (Wildman–Crippen LogP) is 4.08. The summed E-state index contributed by atoms with van der Waals surface area (Å²) in [7, 11) is 2.27. The van der Waals surface area contributed by atoms with E-state index in [2.05, 4.69) is 18.9 Å². The summed E-state index contributed by atoms with van der Waals surface area (Å²) in [6, 6.07) is 0. The molecule has 0 aromatic carbocycles. The van der Waals surface area contributed by atoms with E-state index in [0.29, 0.717) is 0 Å². The van der Waals surface area contributed by atoms with Crippen LogP contribution in [0.3, 0.4) is 0 Å². The van der Waals surface area contributed by atoms with Gasteiger partial charge in [-0.1, -0.05) is 45.4 Å².